The number of rotatable bonds is 6. The van der Waals surface area contributed by atoms with Crippen molar-refractivity contribution in [1.29, 1.82) is 0 Å². The SMILES string of the molecule is O=C1C2CC3C(=CCC4C(=O)N(c5ccc(N6CCOCC6)cc5)C(=O)C43)C(c3cccc(F)c3O)C2(c2ccc(Cl)cc2)C(=O)N1Nc1ncc(C(F)(F)F)cc1Cl. The van der Waals surface area contributed by atoms with Gasteiger partial charge in [0.05, 0.1) is 52.7 Å². The van der Waals surface area contributed by atoms with Gasteiger partial charge >= 0.3 is 6.18 Å². The molecule has 2 aliphatic carbocycles. The summed E-state index contributed by atoms with van der Waals surface area (Å²) in [6, 6.07) is 17.6. The zero-order valence-electron chi connectivity index (χ0n) is 30.8. The largest absolute Gasteiger partial charge is 0.505 e. The van der Waals surface area contributed by atoms with Gasteiger partial charge in [-0.05, 0) is 72.9 Å². The summed E-state index contributed by atoms with van der Waals surface area (Å²) in [5.74, 6) is -10.3. The van der Waals surface area contributed by atoms with E-state index in [1.165, 1.54) is 36.4 Å². The van der Waals surface area contributed by atoms with Gasteiger partial charge in [0.25, 0.3) is 11.8 Å². The van der Waals surface area contributed by atoms with Gasteiger partial charge in [-0.15, -0.1) is 0 Å². The van der Waals surface area contributed by atoms with Gasteiger partial charge in [-0.25, -0.2) is 9.37 Å². The number of benzene rings is 3. The number of para-hydroxylation sites is 1. The number of hydrogen-bond donors (Lipinski definition) is 2. The second-order valence-electron chi connectivity index (χ2n) is 15.2. The first-order valence-corrected chi connectivity index (χ1v) is 19.6. The van der Waals surface area contributed by atoms with Crippen LogP contribution >= 0.6 is 23.2 Å². The van der Waals surface area contributed by atoms with Gasteiger partial charge in [0.2, 0.25) is 11.8 Å². The van der Waals surface area contributed by atoms with E-state index in [4.69, 9.17) is 27.9 Å². The molecule has 6 atom stereocenters. The molecular formula is C42H33Cl2F4N5O6. The molecule has 59 heavy (non-hydrogen) atoms. The number of amides is 4. The summed E-state index contributed by atoms with van der Waals surface area (Å²) in [5.41, 5.74) is 1.34. The van der Waals surface area contributed by atoms with Crippen LogP contribution in [0.1, 0.15) is 35.4 Å². The molecule has 304 valence electrons. The Bertz CT molecular complexity index is 2440. The second-order valence-corrected chi connectivity index (χ2v) is 16.1. The van der Waals surface area contributed by atoms with Crippen LogP contribution in [0.25, 0.3) is 0 Å². The standard InChI is InChI=1S/C42H33Cl2F4N5O6/c43-23-6-4-21(5-7-23)41-30(38(56)53(40(41)58)50-36-31(44)18-22(20-49-36)42(46,47)48)19-29-26(34(41)28-2-1-3-32(45)35(28)54)12-13-27-33(29)39(57)52(37(27)55)25-10-8-24(9-11-25)51-14-16-59-17-15-51/h1-12,18,20,27,29-30,33-34,54H,13-17,19H2,(H,49,50). The second kappa shape index (κ2) is 14.3. The van der Waals surface area contributed by atoms with Crippen molar-refractivity contribution < 1.29 is 46.6 Å². The monoisotopic (exact) mass is 849 g/mol. The first-order chi connectivity index (χ1) is 28.2. The van der Waals surface area contributed by atoms with Gasteiger partial charge in [0.1, 0.15) is 0 Å². The Morgan fingerprint density at radius 3 is 2.25 bits per heavy atom. The van der Waals surface area contributed by atoms with Gasteiger partial charge in [-0.1, -0.05) is 59.1 Å². The number of nitrogens with one attached hydrogen (secondary N) is 1. The molecule has 2 N–H and O–H groups in total. The summed E-state index contributed by atoms with van der Waals surface area (Å²) in [7, 11) is 0. The molecule has 0 spiro atoms. The highest BCUT2D eigenvalue weighted by molar-refractivity contribution is 6.33. The summed E-state index contributed by atoms with van der Waals surface area (Å²) in [6.07, 6.45) is -2.63. The molecule has 6 unspecified atom stereocenters. The lowest BCUT2D eigenvalue weighted by Crippen LogP contribution is -2.53. The number of aromatic nitrogens is 1. The average molecular weight is 851 g/mol. The van der Waals surface area contributed by atoms with Crippen molar-refractivity contribution in [3.63, 3.8) is 0 Å². The molecule has 4 fully saturated rings. The van der Waals surface area contributed by atoms with Crippen LogP contribution in [-0.2, 0) is 35.5 Å². The van der Waals surface area contributed by atoms with E-state index < -0.39 is 92.8 Å². The fraction of sp³-hybridized carbons (Fsp3) is 0.310. The number of fused-ring (bicyclic) bond motifs is 4. The van der Waals surface area contributed by atoms with E-state index in [1.54, 1.807) is 18.2 Å². The molecule has 17 heteroatoms. The Labute approximate surface area is 344 Å². The predicted molar refractivity (Wildman–Crippen MR) is 207 cm³/mol. The Morgan fingerprint density at radius 1 is 0.881 bits per heavy atom. The Hall–Kier alpha value is -5.51. The normalized spacial score (nSPS) is 26.8. The maximum Gasteiger partial charge on any atom is 0.417 e. The molecule has 4 aromatic rings. The number of phenolic OH excluding ortho intramolecular Hbond substituents is 1. The first kappa shape index (κ1) is 39.0. The summed E-state index contributed by atoms with van der Waals surface area (Å²) in [6.45, 7) is 2.51. The summed E-state index contributed by atoms with van der Waals surface area (Å²) >= 11 is 12.5. The third kappa shape index (κ3) is 6.07. The number of alkyl halides is 3. The number of nitrogens with zero attached hydrogens (tertiary/aromatic N) is 4. The Balaban J connectivity index is 1.17. The number of imide groups is 2. The number of hydrogen-bond acceptors (Lipinski definition) is 9. The Morgan fingerprint density at radius 2 is 1.58 bits per heavy atom. The van der Waals surface area contributed by atoms with Crippen LogP contribution < -0.4 is 15.2 Å². The van der Waals surface area contributed by atoms with Crippen molar-refractivity contribution in [2.75, 3.05) is 41.5 Å². The highest BCUT2D eigenvalue weighted by Crippen LogP contribution is 2.65. The number of carbonyl (C=O) groups excluding carboxylic acids is 4. The lowest BCUT2D eigenvalue weighted by Gasteiger charge is -2.50. The van der Waals surface area contributed by atoms with Crippen LogP contribution in [0.2, 0.25) is 10.0 Å². The van der Waals surface area contributed by atoms with E-state index in [2.05, 4.69) is 15.3 Å². The minimum Gasteiger partial charge on any atom is -0.505 e. The molecule has 9 rings (SSSR count). The maximum atomic E-state index is 15.4. The van der Waals surface area contributed by atoms with E-state index in [9.17, 15) is 32.7 Å². The number of aromatic hydroxyl groups is 1. The van der Waals surface area contributed by atoms with E-state index in [1.807, 2.05) is 12.1 Å². The number of hydrazine groups is 1. The lowest BCUT2D eigenvalue weighted by atomic mass is 9.49. The van der Waals surface area contributed by atoms with E-state index >= 15 is 9.18 Å². The molecule has 5 aliphatic rings. The molecule has 3 saturated heterocycles. The van der Waals surface area contributed by atoms with Gasteiger partial charge in [0, 0.05) is 41.5 Å². The van der Waals surface area contributed by atoms with E-state index in [0.29, 0.717) is 59.9 Å². The number of phenols is 1. The number of pyridine rings is 1. The quantitative estimate of drug-likeness (QED) is 0.117. The summed E-state index contributed by atoms with van der Waals surface area (Å²) in [4.78, 5) is 66.1. The van der Waals surface area contributed by atoms with Crippen molar-refractivity contribution in [2.45, 2.75) is 30.4 Å². The molecule has 0 bridgehead atoms. The molecule has 3 aliphatic heterocycles. The van der Waals surface area contributed by atoms with Crippen molar-refractivity contribution in [1.82, 2.24) is 9.99 Å². The van der Waals surface area contributed by atoms with E-state index in [-0.39, 0.29) is 24.0 Å². The number of allylic oxidation sites excluding steroid dienone is 2. The zero-order valence-corrected chi connectivity index (χ0v) is 32.3. The first-order valence-electron chi connectivity index (χ1n) is 18.8. The van der Waals surface area contributed by atoms with Crippen molar-refractivity contribution in [3.05, 3.63) is 123 Å². The number of carbonyl (C=O) groups is 4. The van der Waals surface area contributed by atoms with Crippen molar-refractivity contribution >= 4 is 64.0 Å². The summed E-state index contributed by atoms with van der Waals surface area (Å²) in [5, 5.41) is 11.8. The Kier molecular flexibility index (Phi) is 9.48. The minimum atomic E-state index is -4.79. The van der Waals surface area contributed by atoms with Gasteiger partial charge in [-0.2, -0.15) is 18.2 Å². The fourth-order valence-electron chi connectivity index (χ4n) is 9.78. The molecule has 1 saturated carbocycles. The number of halogens is 6. The van der Waals surface area contributed by atoms with Gasteiger partial charge in [0.15, 0.2) is 17.4 Å². The molecule has 4 amide bonds. The van der Waals surface area contributed by atoms with Crippen molar-refractivity contribution in [3.8, 4) is 5.75 Å². The van der Waals surface area contributed by atoms with Gasteiger partial charge < -0.3 is 14.7 Å². The molecular weight excluding hydrogens is 817 g/mol. The molecule has 1 aromatic heterocycles. The topological polar surface area (TPSA) is 132 Å². The van der Waals surface area contributed by atoms with E-state index in [0.717, 1.165) is 16.7 Å². The minimum absolute atomic E-state index is 0.0552. The van der Waals surface area contributed by atoms with Gasteiger partial charge in [-0.3, -0.25) is 29.5 Å². The van der Waals surface area contributed by atoms with Crippen LogP contribution in [0.5, 0.6) is 5.75 Å². The zero-order chi connectivity index (χ0) is 41.5. The highest BCUT2D eigenvalue weighted by atomic mass is 35.5. The fourth-order valence-corrected chi connectivity index (χ4v) is 10.1. The smallest absolute Gasteiger partial charge is 0.417 e. The van der Waals surface area contributed by atoms with Crippen LogP contribution in [-0.4, -0.2) is 65.0 Å². The maximum absolute atomic E-state index is 15.4. The third-order valence-corrected chi connectivity index (χ3v) is 12.9. The average Bonchev–Trinajstić information content (AvgIpc) is 3.60. The molecule has 4 heterocycles. The van der Waals surface area contributed by atoms with Crippen LogP contribution in [0.15, 0.2) is 90.6 Å². The molecule has 3 aromatic carbocycles. The predicted octanol–water partition coefficient (Wildman–Crippen LogP) is 7.28. The number of morpholine rings is 1. The van der Waals surface area contributed by atoms with Crippen LogP contribution in [0, 0.1) is 29.5 Å². The van der Waals surface area contributed by atoms with Crippen LogP contribution in [0.4, 0.5) is 34.8 Å². The number of ether oxygens (including phenoxy) is 1. The summed E-state index contributed by atoms with van der Waals surface area (Å²) < 4.78 is 61.4. The van der Waals surface area contributed by atoms with Crippen LogP contribution in [0.3, 0.4) is 0 Å². The molecule has 11 nitrogen and oxygen atoms in total. The number of anilines is 3. The third-order valence-electron chi connectivity index (χ3n) is 12.4. The lowest BCUT2D eigenvalue weighted by molar-refractivity contribution is -0.139. The highest BCUT2D eigenvalue weighted by Gasteiger charge is 2.71. The molecule has 0 radical (unpaired) electrons. The van der Waals surface area contributed by atoms with Crippen molar-refractivity contribution in [2.24, 2.45) is 23.7 Å².